The monoisotopic (exact) mass is 330 g/mol. The van der Waals surface area contributed by atoms with Crippen molar-refractivity contribution in [1.82, 2.24) is 25.1 Å². The highest BCUT2D eigenvalue weighted by atomic mass is 16.3. The Kier molecular flexibility index (Phi) is 4.23. The Balaban J connectivity index is 1.70. The van der Waals surface area contributed by atoms with Crippen molar-refractivity contribution in [3.63, 3.8) is 0 Å². The minimum absolute atomic E-state index is 0.166. The molecule has 128 valence electrons. The van der Waals surface area contributed by atoms with E-state index in [1.165, 1.54) is 0 Å². The molecule has 24 heavy (non-hydrogen) atoms. The van der Waals surface area contributed by atoms with E-state index in [4.69, 9.17) is 0 Å². The van der Waals surface area contributed by atoms with Crippen LogP contribution in [0, 0.1) is 13.8 Å². The molecule has 8 nitrogen and oxygen atoms in total. The molecule has 0 radical (unpaired) electrons. The maximum Gasteiger partial charge on any atom is 0.291 e. The largest absolute Gasteiger partial charge is 0.386 e. The Morgan fingerprint density at radius 1 is 1.42 bits per heavy atom. The van der Waals surface area contributed by atoms with E-state index >= 15 is 0 Å². The molecule has 0 aromatic carbocycles. The van der Waals surface area contributed by atoms with Crippen molar-refractivity contribution in [1.29, 1.82) is 0 Å². The second-order valence-electron chi connectivity index (χ2n) is 6.55. The number of carbonyl (C=O) groups excluding carboxylic acids is 1. The third-order valence-electron chi connectivity index (χ3n) is 4.19. The molecule has 1 fully saturated rings. The minimum Gasteiger partial charge on any atom is -0.386 e. The predicted molar refractivity (Wildman–Crippen MR) is 88.8 cm³/mol. The number of nitrogens with zero attached hydrogens (tertiary/aromatic N) is 4. The Morgan fingerprint density at radius 2 is 2.17 bits per heavy atom. The van der Waals surface area contributed by atoms with Gasteiger partial charge in [-0.2, -0.15) is 5.10 Å². The summed E-state index contributed by atoms with van der Waals surface area (Å²) < 4.78 is 0. The predicted octanol–water partition coefficient (Wildman–Crippen LogP) is 0.678. The number of rotatable bonds is 5. The van der Waals surface area contributed by atoms with E-state index in [9.17, 15) is 9.90 Å². The van der Waals surface area contributed by atoms with Crippen LogP contribution < -0.4 is 5.32 Å². The third kappa shape index (κ3) is 3.38. The van der Waals surface area contributed by atoms with Crippen LogP contribution in [0.3, 0.4) is 0 Å². The van der Waals surface area contributed by atoms with Crippen LogP contribution in [0.25, 0.3) is 0 Å². The Labute approximate surface area is 140 Å². The number of H-pyrrole nitrogens is 1. The maximum atomic E-state index is 12.4. The summed E-state index contributed by atoms with van der Waals surface area (Å²) in [5.41, 5.74) is 1.99. The summed E-state index contributed by atoms with van der Waals surface area (Å²) in [5.74, 6) is 0.587. The first-order valence-corrected chi connectivity index (χ1v) is 7.94. The molecule has 0 saturated carbocycles. The number of carbonyl (C=O) groups is 1. The summed E-state index contributed by atoms with van der Waals surface area (Å²) in [4.78, 5) is 22.7. The van der Waals surface area contributed by atoms with E-state index < -0.39 is 5.60 Å². The average molecular weight is 330 g/mol. The molecule has 1 saturated heterocycles. The summed E-state index contributed by atoms with van der Waals surface area (Å²) in [6.07, 6.45) is 4.44. The molecular formula is C16H22N6O2. The van der Waals surface area contributed by atoms with Crippen LogP contribution in [0.5, 0.6) is 0 Å². The zero-order valence-electron chi connectivity index (χ0n) is 14.1. The van der Waals surface area contributed by atoms with Gasteiger partial charge < -0.3 is 15.3 Å². The van der Waals surface area contributed by atoms with Crippen molar-refractivity contribution < 1.29 is 9.90 Å². The molecule has 0 atom stereocenters. The van der Waals surface area contributed by atoms with Gasteiger partial charge in [0.05, 0.1) is 24.9 Å². The first kappa shape index (κ1) is 16.4. The molecule has 1 amide bonds. The molecule has 0 unspecified atom stereocenters. The van der Waals surface area contributed by atoms with Gasteiger partial charge in [-0.1, -0.05) is 0 Å². The van der Waals surface area contributed by atoms with Gasteiger partial charge in [0.1, 0.15) is 5.82 Å². The van der Waals surface area contributed by atoms with E-state index in [-0.39, 0.29) is 11.7 Å². The molecule has 8 heteroatoms. The second kappa shape index (κ2) is 6.20. The van der Waals surface area contributed by atoms with Crippen molar-refractivity contribution in [2.75, 3.05) is 25.0 Å². The number of aryl methyl sites for hydroxylation is 1. The van der Waals surface area contributed by atoms with Crippen molar-refractivity contribution in [2.45, 2.75) is 32.8 Å². The van der Waals surface area contributed by atoms with Gasteiger partial charge in [0.25, 0.3) is 5.91 Å². The average Bonchev–Trinajstić information content (AvgIpc) is 3.01. The van der Waals surface area contributed by atoms with Gasteiger partial charge in [0.15, 0.2) is 0 Å². The normalized spacial score (nSPS) is 15.9. The minimum atomic E-state index is -0.804. The molecule has 3 heterocycles. The van der Waals surface area contributed by atoms with Gasteiger partial charge in [-0.15, -0.1) is 0 Å². The summed E-state index contributed by atoms with van der Waals surface area (Å²) in [5, 5.41) is 19.7. The lowest BCUT2D eigenvalue weighted by molar-refractivity contribution is -0.0672. The van der Waals surface area contributed by atoms with Crippen molar-refractivity contribution in [3.8, 4) is 0 Å². The fourth-order valence-corrected chi connectivity index (χ4v) is 2.70. The van der Waals surface area contributed by atoms with Gasteiger partial charge in [-0.25, -0.2) is 9.97 Å². The smallest absolute Gasteiger partial charge is 0.291 e. The van der Waals surface area contributed by atoms with Gasteiger partial charge >= 0.3 is 0 Å². The quantitative estimate of drug-likeness (QED) is 0.744. The third-order valence-corrected chi connectivity index (χ3v) is 4.19. The zero-order chi connectivity index (χ0) is 17.3. The molecular weight excluding hydrogens is 308 g/mol. The van der Waals surface area contributed by atoms with E-state index in [1.54, 1.807) is 18.0 Å². The van der Waals surface area contributed by atoms with Gasteiger partial charge in [0.2, 0.25) is 5.82 Å². The van der Waals surface area contributed by atoms with E-state index in [1.807, 2.05) is 20.0 Å². The van der Waals surface area contributed by atoms with Crippen LogP contribution >= 0.6 is 0 Å². The Bertz CT molecular complexity index is 733. The number of aromatic nitrogens is 4. The fraction of sp³-hybridized carbons (Fsp3) is 0.500. The lowest BCUT2D eigenvalue weighted by atomic mass is 9.97. The number of aliphatic hydroxyl groups is 1. The Hall–Kier alpha value is -2.48. The number of hydrogen-bond donors (Lipinski definition) is 3. The van der Waals surface area contributed by atoms with Gasteiger partial charge in [0, 0.05) is 24.0 Å². The van der Waals surface area contributed by atoms with Crippen molar-refractivity contribution in [2.24, 2.45) is 0 Å². The molecule has 0 spiro atoms. The highest BCUT2D eigenvalue weighted by molar-refractivity contribution is 5.91. The molecule has 1 aliphatic heterocycles. The zero-order valence-corrected chi connectivity index (χ0v) is 14.1. The number of anilines is 1. The molecule has 3 rings (SSSR count). The first-order valence-electron chi connectivity index (χ1n) is 7.94. The fourth-order valence-electron chi connectivity index (χ4n) is 2.70. The van der Waals surface area contributed by atoms with Crippen LogP contribution in [-0.4, -0.2) is 61.3 Å². The highest BCUT2D eigenvalue weighted by Crippen LogP contribution is 2.22. The molecule has 0 aliphatic carbocycles. The van der Waals surface area contributed by atoms with Gasteiger partial charge in [-0.05, 0) is 32.8 Å². The molecule has 1 aliphatic rings. The van der Waals surface area contributed by atoms with Crippen LogP contribution in [0.1, 0.15) is 34.4 Å². The number of β-amino-alcohol motifs (C(OH)–C–C–N with tert-alkyl or cyclic N) is 1. The van der Waals surface area contributed by atoms with Crippen molar-refractivity contribution in [3.05, 3.63) is 35.0 Å². The van der Waals surface area contributed by atoms with Crippen LogP contribution in [0.4, 0.5) is 5.82 Å². The number of nitrogens with one attached hydrogen (secondary N) is 2. The number of likely N-dealkylation sites (tertiary alicyclic amines) is 1. The number of aromatic amines is 1. The van der Waals surface area contributed by atoms with E-state index in [2.05, 4.69) is 25.5 Å². The van der Waals surface area contributed by atoms with E-state index in [0.717, 1.165) is 23.2 Å². The molecule has 0 bridgehead atoms. The standard InChI is InChI=1S/C16H22N6O2/c1-10-11(2)20-14(15(23)22-8-16(3,24)9-22)21-13(10)17-5-4-12-6-18-19-7-12/h6-7,24H,4-5,8-9H2,1-3H3,(H,18,19)(H,17,20,21). The second-order valence-corrected chi connectivity index (χ2v) is 6.55. The molecule has 2 aromatic rings. The summed E-state index contributed by atoms with van der Waals surface area (Å²) >= 11 is 0. The Morgan fingerprint density at radius 3 is 2.79 bits per heavy atom. The van der Waals surface area contributed by atoms with E-state index in [0.29, 0.717) is 25.5 Å². The summed E-state index contributed by atoms with van der Waals surface area (Å²) in [7, 11) is 0. The number of hydrogen-bond acceptors (Lipinski definition) is 6. The lowest BCUT2D eigenvalue weighted by Crippen LogP contribution is -2.61. The SMILES string of the molecule is Cc1nc(C(=O)N2CC(C)(O)C2)nc(NCCc2cn[nH]c2)c1C. The van der Waals surface area contributed by atoms with Crippen LogP contribution in [0.2, 0.25) is 0 Å². The first-order chi connectivity index (χ1) is 11.4. The lowest BCUT2D eigenvalue weighted by Gasteiger charge is -2.43. The van der Waals surface area contributed by atoms with Gasteiger partial charge in [-0.3, -0.25) is 9.89 Å². The maximum absolute atomic E-state index is 12.4. The van der Waals surface area contributed by atoms with Crippen LogP contribution in [0.15, 0.2) is 12.4 Å². The van der Waals surface area contributed by atoms with Crippen molar-refractivity contribution >= 4 is 11.7 Å². The molecule has 3 N–H and O–H groups in total. The summed E-state index contributed by atoms with van der Waals surface area (Å²) in [6.45, 7) is 6.81. The van der Waals surface area contributed by atoms with Crippen LogP contribution in [-0.2, 0) is 6.42 Å². The number of amides is 1. The topological polar surface area (TPSA) is 107 Å². The highest BCUT2D eigenvalue weighted by Gasteiger charge is 2.40. The molecule has 2 aromatic heterocycles. The summed E-state index contributed by atoms with van der Waals surface area (Å²) in [6, 6.07) is 0.